The number of allylic oxidation sites excluding steroid dienone is 2. The zero-order valence-corrected chi connectivity index (χ0v) is 15.0. The van der Waals surface area contributed by atoms with Crippen LogP contribution in [-0.4, -0.2) is 36.3 Å². The molecule has 3 aliphatic rings. The van der Waals surface area contributed by atoms with Gasteiger partial charge in [0.2, 0.25) is 17.7 Å². The molecule has 1 saturated carbocycles. The Morgan fingerprint density at radius 3 is 2.46 bits per heavy atom. The maximum Gasteiger partial charge on any atom is 0.233 e. The molecule has 0 radical (unpaired) electrons. The Morgan fingerprint density at radius 1 is 1.23 bits per heavy atom. The lowest BCUT2D eigenvalue weighted by Crippen LogP contribution is -2.35. The van der Waals surface area contributed by atoms with Crippen LogP contribution in [0, 0.1) is 23.7 Å². The molecule has 0 unspecified atom stereocenters. The molecule has 1 N–H and O–H groups in total. The number of nitrogens with one attached hydrogen (secondary N) is 1. The normalized spacial score (nSPS) is 28.6. The summed E-state index contributed by atoms with van der Waals surface area (Å²) >= 11 is 6.04. The highest BCUT2D eigenvalue weighted by atomic mass is 35.5. The van der Waals surface area contributed by atoms with Crippen LogP contribution >= 0.6 is 11.6 Å². The van der Waals surface area contributed by atoms with E-state index in [2.05, 4.69) is 17.5 Å². The van der Waals surface area contributed by atoms with Crippen molar-refractivity contribution in [2.24, 2.45) is 23.7 Å². The molecule has 1 heterocycles. The summed E-state index contributed by atoms with van der Waals surface area (Å²) in [6.07, 6.45) is 5.07. The van der Waals surface area contributed by atoms with Crippen molar-refractivity contribution in [1.82, 2.24) is 4.90 Å². The minimum Gasteiger partial charge on any atom is -0.495 e. The third-order valence-corrected chi connectivity index (χ3v) is 5.86. The zero-order chi connectivity index (χ0) is 18.4. The number of anilines is 1. The van der Waals surface area contributed by atoms with Crippen LogP contribution in [-0.2, 0) is 14.4 Å². The Balaban J connectivity index is 1.36. The number of hydrogen-bond donors (Lipinski definition) is 1. The van der Waals surface area contributed by atoms with Crippen LogP contribution < -0.4 is 10.1 Å². The molecule has 2 bridgehead atoms. The van der Waals surface area contributed by atoms with Crippen LogP contribution in [0.3, 0.4) is 0 Å². The number of imide groups is 1. The highest BCUT2D eigenvalue weighted by molar-refractivity contribution is 6.32. The number of hydrogen-bond acceptors (Lipinski definition) is 4. The molecule has 136 valence electrons. The average molecular weight is 375 g/mol. The van der Waals surface area contributed by atoms with E-state index in [0.717, 1.165) is 6.42 Å². The van der Waals surface area contributed by atoms with Crippen molar-refractivity contribution in [2.45, 2.75) is 12.8 Å². The van der Waals surface area contributed by atoms with Crippen LogP contribution in [0.5, 0.6) is 5.75 Å². The topological polar surface area (TPSA) is 75.7 Å². The monoisotopic (exact) mass is 374 g/mol. The fraction of sp³-hybridized carbons (Fsp3) is 0.421. The van der Waals surface area contributed by atoms with Crippen molar-refractivity contribution in [3.05, 3.63) is 35.4 Å². The molecule has 1 aromatic carbocycles. The van der Waals surface area contributed by atoms with E-state index in [0.29, 0.717) is 16.5 Å². The van der Waals surface area contributed by atoms with Crippen LogP contribution in [0.1, 0.15) is 12.8 Å². The molecule has 7 heteroatoms. The maximum atomic E-state index is 12.6. The average Bonchev–Trinajstić information content (AvgIpc) is 3.28. The highest BCUT2D eigenvalue weighted by Crippen LogP contribution is 2.52. The second-order valence-electron chi connectivity index (χ2n) is 6.98. The fourth-order valence-electron chi connectivity index (χ4n) is 4.37. The molecule has 0 spiro atoms. The first kappa shape index (κ1) is 17.1. The zero-order valence-electron chi connectivity index (χ0n) is 14.3. The largest absolute Gasteiger partial charge is 0.495 e. The second-order valence-corrected chi connectivity index (χ2v) is 7.38. The van der Waals surface area contributed by atoms with Crippen molar-refractivity contribution >= 4 is 35.0 Å². The van der Waals surface area contributed by atoms with E-state index in [4.69, 9.17) is 16.3 Å². The summed E-state index contributed by atoms with van der Waals surface area (Å²) in [6, 6.07) is 4.94. The van der Waals surface area contributed by atoms with Crippen LogP contribution in [0.4, 0.5) is 5.69 Å². The Kier molecular flexibility index (Phi) is 4.23. The summed E-state index contributed by atoms with van der Waals surface area (Å²) in [6.45, 7) is 0.111. The van der Waals surface area contributed by atoms with Gasteiger partial charge in [-0.1, -0.05) is 23.8 Å². The third-order valence-electron chi connectivity index (χ3n) is 5.56. The number of amides is 3. The SMILES string of the molecule is COc1ccc(NC(=O)CCN2C(=O)[C@H]3[C@H](C2=O)[C@H]2C=C[C@H]3C2)cc1Cl. The van der Waals surface area contributed by atoms with Crippen molar-refractivity contribution in [2.75, 3.05) is 19.0 Å². The smallest absolute Gasteiger partial charge is 0.233 e. The van der Waals surface area contributed by atoms with E-state index in [9.17, 15) is 14.4 Å². The number of benzene rings is 1. The van der Waals surface area contributed by atoms with Gasteiger partial charge in [0.15, 0.2) is 0 Å². The fourth-order valence-corrected chi connectivity index (χ4v) is 4.62. The number of methoxy groups -OCH3 is 1. The van der Waals surface area contributed by atoms with Gasteiger partial charge in [-0.2, -0.15) is 0 Å². The van der Waals surface area contributed by atoms with Crippen molar-refractivity contribution in [3.63, 3.8) is 0 Å². The van der Waals surface area contributed by atoms with Gasteiger partial charge in [0.25, 0.3) is 0 Å². The van der Waals surface area contributed by atoms with Gasteiger partial charge in [-0.15, -0.1) is 0 Å². The molecule has 3 amide bonds. The molecule has 1 aliphatic heterocycles. The number of halogens is 1. The lowest BCUT2D eigenvalue weighted by atomic mass is 9.85. The number of carbonyl (C=O) groups is 3. The second kappa shape index (κ2) is 6.43. The summed E-state index contributed by atoms with van der Waals surface area (Å²) in [5.41, 5.74) is 0.541. The number of ether oxygens (including phenoxy) is 1. The summed E-state index contributed by atoms with van der Waals surface area (Å²) < 4.78 is 5.07. The van der Waals surface area contributed by atoms with E-state index < -0.39 is 0 Å². The Bertz CT molecular complexity index is 792. The van der Waals surface area contributed by atoms with E-state index in [1.54, 1.807) is 18.2 Å². The van der Waals surface area contributed by atoms with Gasteiger partial charge in [-0.25, -0.2) is 0 Å². The van der Waals surface area contributed by atoms with Gasteiger partial charge < -0.3 is 10.1 Å². The lowest BCUT2D eigenvalue weighted by molar-refractivity contribution is -0.140. The molecule has 4 rings (SSSR count). The molecule has 26 heavy (non-hydrogen) atoms. The first-order valence-corrected chi connectivity index (χ1v) is 9.04. The quantitative estimate of drug-likeness (QED) is 0.634. The van der Waals surface area contributed by atoms with E-state index in [-0.39, 0.29) is 54.4 Å². The number of nitrogens with zero attached hydrogens (tertiary/aromatic N) is 1. The number of carbonyl (C=O) groups excluding carboxylic acids is 3. The molecule has 1 aromatic rings. The standard InChI is InChI=1S/C19H19ClN2O4/c1-26-14-5-4-12(9-13(14)20)21-15(23)6-7-22-18(24)16-10-2-3-11(8-10)17(16)19(22)25/h2-5,9-11,16-17H,6-8H2,1H3,(H,21,23)/t10-,11-,16+,17+/m0/s1. The van der Waals surface area contributed by atoms with Gasteiger partial charge in [0, 0.05) is 18.7 Å². The van der Waals surface area contributed by atoms with Crippen molar-refractivity contribution in [3.8, 4) is 5.75 Å². The first-order chi connectivity index (χ1) is 12.5. The molecule has 1 saturated heterocycles. The molecule has 4 atom stereocenters. The van der Waals surface area contributed by atoms with Crippen molar-refractivity contribution < 1.29 is 19.1 Å². The van der Waals surface area contributed by atoms with E-state index in [1.807, 2.05) is 0 Å². The third kappa shape index (κ3) is 2.69. The first-order valence-electron chi connectivity index (χ1n) is 8.66. The molecule has 2 fully saturated rings. The van der Waals surface area contributed by atoms with Crippen LogP contribution in [0.2, 0.25) is 5.02 Å². The van der Waals surface area contributed by atoms with Gasteiger partial charge in [0.05, 0.1) is 24.0 Å². The highest BCUT2D eigenvalue weighted by Gasteiger charge is 2.58. The Morgan fingerprint density at radius 2 is 1.88 bits per heavy atom. The van der Waals surface area contributed by atoms with Crippen molar-refractivity contribution in [1.29, 1.82) is 0 Å². The van der Waals surface area contributed by atoms with E-state index >= 15 is 0 Å². The van der Waals surface area contributed by atoms with Gasteiger partial charge in [-0.3, -0.25) is 19.3 Å². The molecular formula is C19H19ClN2O4. The maximum absolute atomic E-state index is 12.6. The van der Waals surface area contributed by atoms with Gasteiger partial charge in [0.1, 0.15) is 5.75 Å². The molecule has 2 aliphatic carbocycles. The predicted octanol–water partition coefficient (Wildman–Crippen LogP) is 2.48. The number of likely N-dealkylation sites (tertiary alicyclic amines) is 1. The molecule has 6 nitrogen and oxygen atoms in total. The number of rotatable bonds is 5. The van der Waals surface area contributed by atoms with E-state index in [1.165, 1.54) is 12.0 Å². The minimum absolute atomic E-state index is 0.0589. The summed E-state index contributed by atoms with van der Waals surface area (Å²) in [7, 11) is 1.51. The lowest BCUT2D eigenvalue weighted by Gasteiger charge is -2.17. The summed E-state index contributed by atoms with van der Waals surface area (Å²) in [5.74, 6) is -0.0858. The number of fused-ring (bicyclic) bond motifs is 5. The summed E-state index contributed by atoms with van der Waals surface area (Å²) in [4.78, 5) is 38.6. The van der Waals surface area contributed by atoms with Gasteiger partial charge in [-0.05, 0) is 36.5 Å². The van der Waals surface area contributed by atoms with Crippen LogP contribution in [0.15, 0.2) is 30.4 Å². The van der Waals surface area contributed by atoms with Crippen LogP contribution in [0.25, 0.3) is 0 Å². The predicted molar refractivity (Wildman–Crippen MR) is 95.7 cm³/mol. The summed E-state index contributed by atoms with van der Waals surface area (Å²) in [5, 5.41) is 3.12. The minimum atomic E-state index is -0.273. The molecule has 0 aromatic heterocycles. The Hall–Kier alpha value is -2.34. The Labute approximate surface area is 156 Å². The van der Waals surface area contributed by atoms with Gasteiger partial charge >= 0.3 is 0 Å². The molecular weight excluding hydrogens is 356 g/mol.